The van der Waals surface area contributed by atoms with Crippen molar-refractivity contribution in [3.8, 4) is 0 Å². The van der Waals surface area contributed by atoms with Gasteiger partial charge in [-0.1, -0.05) is 29.8 Å². The van der Waals surface area contributed by atoms with E-state index >= 15 is 0 Å². The maximum atomic E-state index is 6.10. The highest BCUT2D eigenvalue weighted by molar-refractivity contribution is 5.28. The van der Waals surface area contributed by atoms with Crippen molar-refractivity contribution in [3.63, 3.8) is 0 Å². The van der Waals surface area contributed by atoms with Crippen LogP contribution in [-0.4, -0.2) is 41.9 Å². The van der Waals surface area contributed by atoms with Gasteiger partial charge in [0.2, 0.25) is 0 Å². The van der Waals surface area contributed by atoms with Gasteiger partial charge in [0.1, 0.15) is 6.10 Å². The highest BCUT2D eigenvalue weighted by Crippen LogP contribution is 2.25. The zero-order valence-corrected chi connectivity index (χ0v) is 12.7. The summed E-state index contributed by atoms with van der Waals surface area (Å²) in [5, 5.41) is 4.25. The van der Waals surface area contributed by atoms with Gasteiger partial charge in [-0.3, -0.25) is 4.68 Å². The Balaban J connectivity index is 2.20. The van der Waals surface area contributed by atoms with Crippen LogP contribution in [0.25, 0.3) is 0 Å². The lowest BCUT2D eigenvalue weighted by molar-refractivity contribution is 0.0638. The summed E-state index contributed by atoms with van der Waals surface area (Å²) in [4.78, 5) is 2.12. The van der Waals surface area contributed by atoms with Gasteiger partial charge < -0.3 is 9.64 Å². The zero-order chi connectivity index (χ0) is 14.5. The van der Waals surface area contributed by atoms with E-state index in [9.17, 15) is 0 Å². The fourth-order valence-corrected chi connectivity index (χ4v) is 2.09. The van der Waals surface area contributed by atoms with Crippen molar-refractivity contribution in [2.75, 3.05) is 27.2 Å². The third kappa shape index (κ3) is 3.68. The number of hydrogen-bond donors (Lipinski definition) is 0. The SMILES string of the molecule is Cc1ccc(C(OCCN(C)C)c2ccnn2C)cc1. The molecule has 0 fully saturated rings. The predicted molar refractivity (Wildman–Crippen MR) is 80.7 cm³/mol. The summed E-state index contributed by atoms with van der Waals surface area (Å²) in [6.45, 7) is 3.69. The Bertz CT molecular complexity index is 531. The number of aromatic nitrogens is 2. The first-order chi connectivity index (χ1) is 9.58. The molecule has 1 aromatic heterocycles. The lowest BCUT2D eigenvalue weighted by Gasteiger charge is -2.20. The summed E-state index contributed by atoms with van der Waals surface area (Å²) in [5.74, 6) is 0. The minimum Gasteiger partial charge on any atom is -0.366 e. The van der Waals surface area contributed by atoms with E-state index in [0.717, 1.165) is 17.8 Å². The third-order valence-corrected chi connectivity index (χ3v) is 3.33. The van der Waals surface area contributed by atoms with Crippen LogP contribution in [0.3, 0.4) is 0 Å². The van der Waals surface area contributed by atoms with Crippen LogP contribution in [0.4, 0.5) is 0 Å². The molecule has 108 valence electrons. The van der Waals surface area contributed by atoms with Crippen molar-refractivity contribution in [3.05, 3.63) is 53.3 Å². The minimum absolute atomic E-state index is 0.0666. The molecular formula is C16H23N3O. The highest BCUT2D eigenvalue weighted by atomic mass is 16.5. The van der Waals surface area contributed by atoms with Crippen LogP contribution in [0, 0.1) is 6.92 Å². The predicted octanol–water partition coefficient (Wildman–Crippen LogP) is 2.40. The molecule has 0 aliphatic heterocycles. The molecule has 0 spiro atoms. The van der Waals surface area contributed by atoms with Gasteiger partial charge in [-0.05, 0) is 32.6 Å². The maximum absolute atomic E-state index is 6.10. The Morgan fingerprint density at radius 1 is 1.20 bits per heavy atom. The second-order valence-electron chi connectivity index (χ2n) is 5.34. The molecule has 1 heterocycles. The van der Waals surface area contributed by atoms with E-state index in [2.05, 4.69) is 41.2 Å². The molecule has 4 heteroatoms. The quantitative estimate of drug-likeness (QED) is 0.809. The molecule has 1 unspecified atom stereocenters. The molecule has 0 N–H and O–H groups in total. The van der Waals surface area contributed by atoms with E-state index < -0.39 is 0 Å². The number of likely N-dealkylation sites (N-methyl/N-ethyl adjacent to an activating group) is 1. The normalized spacial score (nSPS) is 12.8. The van der Waals surface area contributed by atoms with Crippen LogP contribution >= 0.6 is 0 Å². The molecule has 20 heavy (non-hydrogen) atoms. The van der Waals surface area contributed by atoms with Gasteiger partial charge in [0.25, 0.3) is 0 Å². The van der Waals surface area contributed by atoms with Crippen LogP contribution in [0.1, 0.15) is 22.9 Å². The third-order valence-electron chi connectivity index (χ3n) is 3.33. The molecule has 0 bridgehead atoms. The molecule has 4 nitrogen and oxygen atoms in total. The second-order valence-corrected chi connectivity index (χ2v) is 5.34. The summed E-state index contributed by atoms with van der Waals surface area (Å²) in [5.41, 5.74) is 3.50. The molecule has 1 aromatic carbocycles. The van der Waals surface area contributed by atoms with Crippen LogP contribution in [0.15, 0.2) is 36.5 Å². The van der Waals surface area contributed by atoms with Crippen LogP contribution < -0.4 is 0 Å². The average molecular weight is 273 g/mol. The maximum Gasteiger partial charge on any atom is 0.124 e. The molecule has 2 aromatic rings. The lowest BCUT2D eigenvalue weighted by Crippen LogP contribution is -2.21. The van der Waals surface area contributed by atoms with Gasteiger partial charge in [-0.25, -0.2) is 0 Å². The first-order valence-corrected chi connectivity index (χ1v) is 6.88. The van der Waals surface area contributed by atoms with E-state index in [0.29, 0.717) is 6.61 Å². The second kappa shape index (κ2) is 6.68. The van der Waals surface area contributed by atoms with E-state index in [1.807, 2.05) is 38.1 Å². The Labute approximate surface area is 121 Å². The van der Waals surface area contributed by atoms with E-state index in [1.165, 1.54) is 5.56 Å². The van der Waals surface area contributed by atoms with Gasteiger partial charge in [-0.2, -0.15) is 5.10 Å². The smallest absolute Gasteiger partial charge is 0.124 e. The van der Waals surface area contributed by atoms with Crippen molar-refractivity contribution in [1.29, 1.82) is 0 Å². The molecular weight excluding hydrogens is 250 g/mol. The van der Waals surface area contributed by atoms with Gasteiger partial charge in [0.15, 0.2) is 0 Å². The summed E-state index contributed by atoms with van der Waals surface area (Å²) >= 11 is 0. The lowest BCUT2D eigenvalue weighted by atomic mass is 10.0. The van der Waals surface area contributed by atoms with E-state index in [-0.39, 0.29) is 6.10 Å². The van der Waals surface area contributed by atoms with Crippen LogP contribution in [-0.2, 0) is 11.8 Å². The molecule has 0 saturated heterocycles. The Hall–Kier alpha value is -1.65. The molecule has 1 atom stereocenters. The Morgan fingerprint density at radius 3 is 2.45 bits per heavy atom. The fraction of sp³-hybridized carbons (Fsp3) is 0.438. The van der Waals surface area contributed by atoms with Crippen molar-refractivity contribution in [2.24, 2.45) is 7.05 Å². The number of nitrogens with zero attached hydrogens (tertiary/aromatic N) is 3. The summed E-state index contributed by atoms with van der Waals surface area (Å²) in [6.07, 6.45) is 1.74. The monoisotopic (exact) mass is 273 g/mol. The largest absolute Gasteiger partial charge is 0.366 e. The number of rotatable bonds is 6. The van der Waals surface area contributed by atoms with Gasteiger partial charge in [0.05, 0.1) is 12.3 Å². The van der Waals surface area contributed by atoms with Gasteiger partial charge in [0, 0.05) is 19.8 Å². The number of benzene rings is 1. The van der Waals surface area contributed by atoms with E-state index in [4.69, 9.17) is 4.74 Å². The van der Waals surface area contributed by atoms with E-state index in [1.54, 1.807) is 0 Å². The summed E-state index contributed by atoms with van der Waals surface area (Å²) in [6, 6.07) is 10.5. The molecule has 0 aliphatic carbocycles. The molecule has 2 rings (SSSR count). The number of aryl methyl sites for hydroxylation is 2. The Kier molecular flexibility index (Phi) is 4.93. The summed E-state index contributed by atoms with van der Waals surface area (Å²) < 4.78 is 7.98. The first-order valence-electron chi connectivity index (χ1n) is 6.88. The first kappa shape index (κ1) is 14.8. The van der Waals surface area contributed by atoms with Crippen molar-refractivity contribution < 1.29 is 4.74 Å². The molecule has 0 aliphatic rings. The average Bonchev–Trinajstić information content (AvgIpc) is 2.82. The molecule has 0 amide bonds. The van der Waals surface area contributed by atoms with Gasteiger partial charge in [-0.15, -0.1) is 0 Å². The van der Waals surface area contributed by atoms with Crippen LogP contribution in [0.5, 0.6) is 0 Å². The molecule has 0 saturated carbocycles. The minimum atomic E-state index is -0.0666. The standard InChI is InChI=1S/C16H23N3O/c1-13-5-7-14(8-6-13)16(20-12-11-18(2)3)15-9-10-17-19(15)4/h5-10,16H,11-12H2,1-4H3. The highest BCUT2D eigenvalue weighted by Gasteiger charge is 2.18. The number of ether oxygens (including phenoxy) is 1. The van der Waals surface area contributed by atoms with Crippen molar-refractivity contribution in [1.82, 2.24) is 14.7 Å². The molecule has 0 radical (unpaired) electrons. The topological polar surface area (TPSA) is 30.3 Å². The summed E-state index contributed by atoms with van der Waals surface area (Å²) in [7, 11) is 6.05. The van der Waals surface area contributed by atoms with Crippen molar-refractivity contribution >= 4 is 0 Å². The fourth-order valence-electron chi connectivity index (χ4n) is 2.09. The van der Waals surface area contributed by atoms with Crippen molar-refractivity contribution in [2.45, 2.75) is 13.0 Å². The number of hydrogen-bond acceptors (Lipinski definition) is 3. The van der Waals surface area contributed by atoms with Gasteiger partial charge >= 0.3 is 0 Å². The zero-order valence-electron chi connectivity index (χ0n) is 12.7. The van der Waals surface area contributed by atoms with Crippen LogP contribution in [0.2, 0.25) is 0 Å². The Morgan fingerprint density at radius 2 is 1.90 bits per heavy atom.